The molecule has 1 heterocycles. The van der Waals surface area contributed by atoms with Crippen LogP contribution in [-0.2, 0) is 5.41 Å². The molecular weight excluding hydrogens is 274 g/mol. The van der Waals surface area contributed by atoms with Crippen molar-refractivity contribution >= 4 is 22.1 Å². The van der Waals surface area contributed by atoms with Crippen LogP contribution in [0.5, 0.6) is 0 Å². The summed E-state index contributed by atoms with van der Waals surface area (Å²) in [4.78, 5) is 2.61. The standard InChI is InChI=1S/C19H21NS/c1-19(2,3)17-11-10-16(21-17)18(20)15-9-8-13-6-4-5-7-14(13)12-15/h4-12,18H,20H2,1-3H3. The minimum atomic E-state index is -0.0456. The van der Waals surface area contributed by atoms with Crippen LogP contribution in [-0.4, -0.2) is 0 Å². The summed E-state index contributed by atoms with van der Waals surface area (Å²) >= 11 is 1.82. The van der Waals surface area contributed by atoms with Gasteiger partial charge in [0.15, 0.2) is 0 Å². The number of hydrogen-bond donors (Lipinski definition) is 1. The molecule has 0 aliphatic heterocycles. The maximum Gasteiger partial charge on any atom is 0.0646 e. The van der Waals surface area contributed by atoms with Gasteiger partial charge in [0, 0.05) is 9.75 Å². The summed E-state index contributed by atoms with van der Waals surface area (Å²) in [6.07, 6.45) is 0. The summed E-state index contributed by atoms with van der Waals surface area (Å²) < 4.78 is 0. The van der Waals surface area contributed by atoms with Crippen LogP contribution >= 0.6 is 11.3 Å². The molecule has 1 aromatic heterocycles. The minimum absolute atomic E-state index is 0.0456. The largest absolute Gasteiger partial charge is 0.320 e. The Kier molecular flexibility index (Phi) is 3.60. The van der Waals surface area contributed by atoms with Gasteiger partial charge in [0.05, 0.1) is 6.04 Å². The Bertz CT molecular complexity index is 764. The zero-order valence-corrected chi connectivity index (χ0v) is 13.6. The first kappa shape index (κ1) is 14.3. The van der Waals surface area contributed by atoms with E-state index in [2.05, 4.69) is 75.4 Å². The van der Waals surface area contributed by atoms with Crippen LogP contribution in [0.2, 0.25) is 0 Å². The predicted octanol–water partition coefficient (Wildman–Crippen LogP) is 5.25. The third kappa shape index (κ3) is 2.87. The molecule has 0 bridgehead atoms. The van der Waals surface area contributed by atoms with Crippen LogP contribution in [0.3, 0.4) is 0 Å². The Hall–Kier alpha value is -1.64. The molecule has 3 aromatic rings. The van der Waals surface area contributed by atoms with Gasteiger partial charge < -0.3 is 5.73 Å². The molecule has 0 saturated carbocycles. The molecular formula is C19H21NS. The number of fused-ring (bicyclic) bond motifs is 1. The van der Waals surface area contributed by atoms with Crippen molar-refractivity contribution in [2.24, 2.45) is 5.73 Å². The highest BCUT2D eigenvalue weighted by atomic mass is 32.1. The molecule has 1 nitrogen and oxygen atoms in total. The number of hydrogen-bond acceptors (Lipinski definition) is 2. The first-order chi connectivity index (χ1) is 9.95. The average molecular weight is 295 g/mol. The third-order valence-electron chi connectivity index (χ3n) is 3.81. The molecule has 108 valence electrons. The van der Waals surface area contributed by atoms with E-state index in [1.165, 1.54) is 26.1 Å². The highest BCUT2D eigenvalue weighted by molar-refractivity contribution is 7.12. The number of thiophene rings is 1. The predicted molar refractivity (Wildman–Crippen MR) is 93.0 cm³/mol. The lowest BCUT2D eigenvalue weighted by Crippen LogP contribution is -2.10. The Morgan fingerprint density at radius 1 is 0.905 bits per heavy atom. The molecule has 0 saturated heterocycles. The van der Waals surface area contributed by atoms with Crippen molar-refractivity contribution in [3.63, 3.8) is 0 Å². The molecule has 2 aromatic carbocycles. The lowest BCUT2D eigenvalue weighted by molar-refractivity contribution is 0.604. The lowest BCUT2D eigenvalue weighted by atomic mass is 9.95. The SMILES string of the molecule is CC(C)(C)c1ccc(C(N)c2ccc3ccccc3c2)s1. The fourth-order valence-corrected chi connectivity index (χ4v) is 3.58. The maximum absolute atomic E-state index is 6.47. The van der Waals surface area contributed by atoms with Crippen LogP contribution < -0.4 is 5.73 Å². The van der Waals surface area contributed by atoms with Crippen LogP contribution in [0.25, 0.3) is 10.8 Å². The van der Waals surface area contributed by atoms with E-state index in [0.29, 0.717) is 0 Å². The van der Waals surface area contributed by atoms with E-state index < -0.39 is 0 Å². The average Bonchev–Trinajstić information content (AvgIpc) is 2.96. The van der Waals surface area contributed by atoms with Gasteiger partial charge in [-0.25, -0.2) is 0 Å². The van der Waals surface area contributed by atoms with E-state index in [0.717, 1.165) is 0 Å². The topological polar surface area (TPSA) is 26.0 Å². The maximum atomic E-state index is 6.47. The van der Waals surface area contributed by atoms with Gasteiger partial charge in [-0.2, -0.15) is 0 Å². The van der Waals surface area contributed by atoms with Crippen LogP contribution in [0.1, 0.15) is 42.1 Å². The summed E-state index contributed by atoms with van der Waals surface area (Å²) in [6.45, 7) is 6.72. The molecule has 1 unspecified atom stereocenters. The van der Waals surface area contributed by atoms with E-state index in [4.69, 9.17) is 5.73 Å². The molecule has 0 aliphatic carbocycles. The molecule has 2 heteroatoms. The molecule has 0 aliphatic rings. The molecule has 0 spiro atoms. The van der Waals surface area contributed by atoms with Gasteiger partial charge in [-0.15, -0.1) is 11.3 Å². The Labute approximate surface area is 130 Å². The van der Waals surface area contributed by atoms with Gasteiger partial charge >= 0.3 is 0 Å². The molecule has 3 rings (SSSR count). The monoisotopic (exact) mass is 295 g/mol. The molecule has 1 atom stereocenters. The second-order valence-electron chi connectivity index (χ2n) is 6.54. The van der Waals surface area contributed by atoms with Crippen molar-refractivity contribution in [2.45, 2.75) is 32.2 Å². The summed E-state index contributed by atoms with van der Waals surface area (Å²) in [6, 6.07) is 19.2. The van der Waals surface area contributed by atoms with E-state index in [-0.39, 0.29) is 11.5 Å². The highest BCUT2D eigenvalue weighted by Gasteiger charge is 2.19. The fraction of sp³-hybridized carbons (Fsp3) is 0.263. The van der Waals surface area contributed by atoms with Crippen molar-refractivity contribution in [1.82, 2.24) is 0 Å². The summed E-state index contributed by atoms with van der Waals surface area (Å²) in [5, 5.41) is 2.51. The van der Waals surface area contributed by atoms with Gasteiger partial charge in [0.25, 0.3) is 0 Å². The highest BCUT2D eigenvalue weighted by Crippen LogP contribution is 2.34. The lowest BCUT2D eigenvalue weighted by Gasteiger charge is -2.16. The fourth-order valence-electron chi connectivity index (χ4n) is 2.49. The van der Waals surface area contributed by atoms with Crippen molar-refractivity contribution < 1.29 is 0 Å². The Balaban J connectivity index is 1.96. The molecule has 2 N–H and O–H groups in total. The smallest absolute Gasteiger partial charge is 0.0646 e. The molecule has 0 fully saturated rings. The van der Waals surface area contributed by atoms with E-state index in [1.807, 2.05) is 11.3 Å². The van der Waals surface area contributed by atoms with Crippen LogP contribution in [0.15, 0.2) is 54.6 Å². The summed E-state index contributed by atoms with van der Waals surface area (Å²) in [7, 11) is 0. The van der Waals surface area contributed by atoms with Crippen molar-refractivity contribution in [3.05, 3.63) is 69.9 Å². The van der Waals surface area contributed by atoms with Gasteiger partial charge in [-0.05, 0) is 39.9 Å². The summed E-state index contributed by atoms with van der Waals surface area (Å²) in [5.74, 6) is 0. The second kappa shape index (κ2) is 5.28. The first-order valence-electron chi connectivity index (χ1n) is 7.29. The summed E-state index contributed by atoms with van der Waals surface area (Å²) in [5.41, 5.74) is 7.84. The number of benzene rings is 2. The minimum Gasteiger partial charge on any atom is -0.320 e. The quantitative estimate of drug-likeness (QED) is 0.687. The van der Waals surface area contributed by atoms with E-state index in [1.54, 1.807) is 0 Å². The van der Waals surface area contributed by atoms with Gasteiger partial charge in [0.2, 0.25) is 0 Å². The van der Waals surface area contributed by atoms with Gasteiger partial charge in [-0.3, -0.25) is 0 Å². The zero-order chi connectivity index (χ0) is 15.0. The second-order valence-corrected chi connectivity index (χ2v) is 7.65. The van der Waals surface area contributed by atoms with Crippen molar-refractivity contribution in [1.29, 1.82) is 0 Å². The van der Waals surface area contributed by atoms with Crippen LogP contribution in [0.4, 0.5) is 0 Å². The van der Waals surface area contributed by atoms with Crippen molar-refractivity contribution in [3.8, 4) is 0 Å². The van der Waals surface area contributed by atoms with Gasteiger partial charge in [0.1, 0.15) is 0 Å². The van der Waals surface area contributed by atoms with Crippen molar-refractivity contribution in [2.75, 3.05) is 0 Å². The van der Waals surface area contributed by atoms with E-state index >= 15 is 0 Å². The Morgan fingerprint density at radius 3 is 2.29 bits per heavy atom. The van der Waals surface area contributed by atoms with E-state index in [9.17, 15) is 0 Å². The Morgan fingerprint density at radius 2 is 1.62 bits per heavy atom. The van der Waals surface area contributed by atoms with Gasteiger partial charge in [-0.1, -0.05) is 57.2 Å². The number of rotatable bonds is 2. The normalized spacial score (nSPS) is 13.5. The molecule has 21 heavy (non-hydrogen) atoms. The number of nitrogens with two attached hydrogens (primary N) is 1. The first-order valence-corrected chi connectivity index (χ1v) is 8.11. The molecule has 0 amide bonds. The molecule has 0 radical (unpaired) electrons. The zero-order valence-electron chi connectivity index (χ0n) is 12.8. The van der Waals surface area contributed by atoms with Crippen LogP contribution in [0, 0.1) is 0 Å². The third-order valence-corrected chi connectivity index (χ3v) is 5.40.